The molecular formula is C24H32N2O4. The standard InChI is InChI=1S/C24H32N2O4/c1-3-8-22(27)25(16-15-18-9-6-5-7-10-18)21-17-23(28)26(24(21)29)19-11-13-20(14-12-19)30-4-2/h9,11-14,21H,3-8,10,15-17H2,1-2H3. The van der Waals surface area contributed by atoms with Crippen molar-refractivity contribution in [3.8, 4) is 5.75 Å². The van der Waals surface area contributed by atoms with Crippen molar-refractivity contribution in [2.75, 3.05) is 18.1 Å². The summed E-state index contributed by atoms with van der Waals surface area (Å²) in [5.41, 5.74) is 1.88. The van der Waals surface area contributed by atoms with Crippen LogP contribution >= 0.6 is 0 Å². The molecule has 30 heavy (non-hydrogen) atoms. The molecule has 162 valence electrons. The number of ether oxygens (including phenoxy) is 1. The van der Waals surface area contributed by atoms with Crippen molar-refractivity contribution in [3.63, 3.8) is 0 Å². The van der Waals surface area contributed by atoms with Crippen molar-refractivity contribution in [3.05, 3.63) is 35.9 Å². The minimum absolute atomic E-state index is 0.0422. The number of rotatable bonds is 9. The van der Waals surface area contributed by atoms with E-state index in [9.17, 15) is 14.4 Å². The Morgan fingerprint density at radius 1 is 1.17 bits per heavy atom. The number of allylic oxidation sites excluding steroid dienone is 1. The second-order valence-corrected chi connectivity index (χ2v) is 7.91. The van der Waals surface area contributed by atoms with Crippen LogP contribution in [0.5, 0.6) is 5.75 Å². The van der Waals surface area contributed by atoms with E-state index in [2.05, 4.69) is 6.08 Å². The Morgan fingerprint density at radius 2 is 1.93 bits per heavy atom. The average Bonchev–Trinajstić information content (AvgIpc) is 3.04. The van der Waals surface area contributed by atoms with Gasteiger partial charge in [0.2, 0.25) is 11.8 Å². The fourth-order valence-electron chi connectivity index (χ4n) is 4.20. The van der Waals surface area contributed by atoms with Gasteiger partial charge in [0, 0.05) is 13.0 Å². The van der Waals surface area contributed by atoms with Gasteiger partial charge in [-0.2, -0.15) is 0 Å². The lowest BCUT2D eigenvalue weighted by molar-refractivity contribution is -0.138. The largest absolute Gasteiger partial charge is 0.494 e. The van der Waals surface area contributed by atoms with Crippen molar-refractivity contribution in [2.24, 2.45) is 0 Å². The lowest BCUT2D eigenvalue weighted by Gasteiger charge is -2.28. The summed E-state index contributed by atoms with van der Waals surface area (Å²) in [5, 5.41) is 0. The molecule has 1 atom stereocenters. The van der Waals surface area contributed by atoms with Gasteiger partial charge in [-0.05, 0) is 69.7 Å². The van der Waals surface area contributed by atoms with Crippen LogP contribution in [0.25, 0.3) is 0 Å². The molecule has 1 aliphatic carbocycles. The lowest BCUT2D eigenvalue weighted by atomic mass is 9.97. The summed E-state index contributed by atoms with van der Waals surface area (Å²) >= 11 is 0. The molecule has 6 nitrogen and oxygen atoms in total. The van der Waals surface area contributed by atoms with E-state index in [0.29, 0.717) is 31.0 Å². The zero-order valence-electron chi connectivity index (χ0n) is 18.1. The van der Waals surface area contributed by atoms with Crippen molar-refractivity contribution in [1.29, 1.82) is 0 Å². The van der Waals surface area contributed by atoms with E-state index in [1.54, 1.807) is 29.2 Å². The van der Waals surface area contributed by atoms with Crippen LogP contribution in [0.3, 0.4) is 0 Å². The average molecular weight is 413 g/mol. The number of nitrogens with zero attached hydrogens (tertiary/aromatic N) is 2. The Labute approximate surface area is 178 Å². The maximum Gasteiger partial charge on any atom is 0.257 e. The molecule has 0 aromatic heterocycles. The van der Waals surface area contributed by atoms with Crippen molar-refractivity contribution in [1.82, 2.24) is 4.90 Å². The first kappa shape index (κ1) is 22.1. The van der Waals surface area contributed by atoms with Gasteiger partial charge >= 0.3 is 0 Å². The summed E-state index contributed by atoms with van der Waals surface area (Å²) in [4.78, 5) is 41.6. The van der Waals surface area contributed by atoms with Gasteiger partial charge in [-0.25, -0.2) is 4.90 Å². The first-order valence-electron chi connectivity index (χ1n) is 11.1. The Kier molecular flexibility index (Phi) is 7.66. The van der Waals surface area contributed by atoms with Crippen LogP contribution in [-0.2, 0) is 14.4 Å². The van der Waals surface area contributed by atoms with Crippen LogP contribution in [0.4, 0.5) is 5.69 Å². The summed E-state index contributed by atoms with van der Waals surface area (Å²) in [6, 6.07) is 6.22. The van der Waals surface area contributed by atoms with Gasteiger partial charge in [0.05, 0.1) is 18.7 Å². The normalized spacial score (nSPS) is 19.1. The predicted octanol–water partition coefficient (Wildman–Crippen LogP) is 4.24. The number of carbonyl (C=O) groups excluding carboxylic acids is 3. The van der Waals surface area contributed by atoms with Crippen molar-refractivity contribution in [2.45, 2.75) is 71.3 Å². The number of anilines is 1. The third-order valence-electron chi connectivity index (χ3n) is 5.75. The predicted molar refractivity (Wildman–Crippen MR) is 116 cm³/mol. The summed E-state index contributed by atoms with van der Waals surface area (Å²) in [7, 11) is 0. The zero-order valence-corrected chi connectivity index (χ0v) is 18.1. The molecule has 1 aromatic carbocycles. The molecule has 2 aliphatic rings. The first-order chi connectivity index (χ1) is 14.5. The zero-order chi connectivity index (χ0) is 21.5. The van der Waals surface area contributed by atoms with Crippen LogP contribution in [0.2, 0.25) is 0 Å². The van der Waals surface area contributed by atoms with Gasteiger partial charge in [0.25, 0.3) is 5.91 Å². The second kappa shape index (κ2) is 10.4. The molecule has 1 aliphatic heterocycles. The van der Waals surface area contributed by atoms with Crippen molar-refractivity contribution >= 4 is 23.4 Å². The molecule has 3 amide bonds. The van der Waals surface area contributed by atoms with Gasteiger partial charge in [0.1, 0.15) is 11.8 Å². The first-order valence-corrected chi connectivity index (χ1v) is 11.1. The smallest absolute Gasteiger partial charge is 0.257 e. The molecule has 0 saturated carbocycles. The molecule has 1 aromatic rings. The molecular weight excluding hydrogens is 380 g/mol. The molecule has 0 bridgehead atoms. The molecule has 3 rings (SSSR count). The Balaban J connectivity index is 1.76. The third-order valence-corrected chi connectivity index (χ3v) is 5.75. The minimum Gasteiger partial charge on any atom is -0.494 e. The highest BCUT2D eigenvalue weighted by Gasteiger charge is 2.44. The number of imide groups is 1. The SMILES string of the molecule is CCCC(=O)N(CCC1=CCCCC1)C1CC(=O)N(c2ccc(OCC)cc2)C1=O. The molecule has 0 N–H and O–H groups in total. The summed E-state index contributed by atoms with van der Waals surface area (Å²) in [5.74, 6) is 0.0672. The van der Waals surface area contributed by atoms with E-state index in [0.717, 1.165) is 25.7 Å². The van der Waals surface area contributed by atoms with Crippen molar-refractivity contribution < 1.29 is 19.1 Å². The number of carbonyl (C=O) groups is 3. The summed E-state index contributed by atoms with van der Waals surface area (Å²) < 4.78 is 5.44. The number of hydrogen-bond donors (Lipinski definition) is 0. The fraction of sp³-hybridized carbons (Fsp3) is 0.542. The van der Waals surface area contributed by atoms with Gasteiger partial charge in [-0.3, -0.25) is 14.4 Å². The van der Waals surface area contributed by atoms with E-state index in [1.807, 2.05) is 13.8 Å². The van der Waals surface area contributed by atoms with E-state index >= 15 is 0 Å². The molecule has 1 heterocycles. The van der Waals surface area contributed by atoms with Crippen LogP contribution in [0, 0.1) is 0 Å². The molecule has 0 spiro atoms. The highest BCUT2D eigenvalue weighted by atomic mass is 16.5. The highest BCUT2D eigenvalue weighted by molar-refractivity contribution is 6.23. The number of benzene rings is 1. The van der Waals surface area contributed by atoms with Gasteiger partial charge in [-0.1, -0.05) is 18.6 Å². The molecule has 6 heteroatoms. The van der Waals surface area contributed by atoms with Gasteiger partial charge in [0.15, 0.2) is 0 Å². The van der Waals surface area contributed by atoms with E-state index in [1.165, 1.54) is 23.3 Å². The Morgan fingerprint density at radius 3 is 2.57 bits per heavy atom. The molecule has 1 unspecified atom stereocenters. The quantitative estimate of drug-likeness (QED) is 0.449. The molecule has 0 radical (unpaired) electrons. The van der Waals surface area contributed by atoms with Crippen LogP contribution in [-0.4, -0.2) is 41.8 Å². The van der Waals surface area contributed by atoms with Gasteiger partial charge in [-0.15, -0.1) is 0 Å². The molecule has 1 saturated heterocycles. The lowest BCUT2D eigenvalue weighted by Crippen LogP contribution is -2.46. The Hall–Kier alpha value is -2.63. The Bertz CT molecular complexity index is 800. The van der Waals surface area contributed by atoms with Crippen LogP contribution in [0.1, 0.15) is 65.2 Å². The third kappa shape index (κ3) is 5.10. The minimum atomic E-state index is -0.715. The summed E-state index contributed by atoms with van der Waals surface area (Å²) in [6.45, 7) is 4.89. The fourth-order valence-corrected chi connectivity index (χ4v) is 4.20. The number of amides is 3. The number of hydrogen-bond acceptors (Lipinski definition) is 4. The topological polar surface area (TPSA) is 66.9 Å². The van der Waals surface area contributed by atoms with Crippen LogP contribution in [0.15, 0.2) is 35.9 Å². The maximum absolute atomic E-state index is 13.2. The summed E-state index contributed by atoms with van der Waals surface area (Å²) in [6.07, 6.45) is 8.73. The monoisotopic (exact) mass is 412 g/mol. The highest BCUT2D eigenvalue weighted by Crippen LogP contribution is 2.29. The van der Waals surface area contributed by atoms with Crippen LogP contribution < -0.4 is 9.64 Å². The van der Waals surface area contributed by atoms with Gasteiger partial charge < -0.3 is 9.64 Å². The van der Waals surface area contributed by atoms with E-state index in [4.69, 9.17) is 4.74 Å². The molecule has 1 fully saturated rings. The van der Waals surface area contributed by atoms with E-state index in [-0.39, 0.29) is 24.1 Å². The second-order valence-electron chi connectivity index (χ2n) is 7.91. The van der Waals surface area contributed by atoms with E-state index < -0.39 is 6.04 Å². The maximum atomic E-state index is 13.2.